The zero-order valence-electron chi connectivity index (χ0n) is 9.32. The van der Waals surface area contributed by atoms with Crippen molar-refractivity contribution < 1.29 is 18.5 Å². The first-order valence-electron chi connectivity index (χ1n) is 4.64. The van der Waals surface area contributed by atoms with Crippen LogP contribution in [0.4, 0.5) is 0 Å². The molecule has 0 aliphatic heterocycles. The van der Waals surface area contributed by atoms with Gasteiger partial charge in [-0.1, -0.05) is 0 Å². The van der Waals surface area contributed by atoms with Crippen molar-refractivity contribution in [1.82, 2.24) is 0 Å². The van der Waals surface area contributed by atoms with E-state index in [1.165, 1.54) is 20.3 Å². The quantitative estimate of drug-likeness (QED) is 0.526. The maximum atomic E-state index is 11.6. The number of esters is 1. The van der Waals surface area contributed by atoms with Crippen LogP contribution in [0.5, 0.6) is 0 Å². The summed E-state index contributed by atoms with van der Waals surface area (Å²) in [6.45, 7) is 1.28. The molecule has 0 fully saturated rings. The maximum absolute atomic E-state index is 11.6. The van der Waals surface area contributed by atoms with E-state index < -0.39 is 15.6 Å². The third kappa shape index (κ3) is 8.11. The van der Waals surface area contributed by atoms with Crippen molar-refractivity contribution in [2.45, 2.75) is 26.2 Å². The molecule has 0 saturated carbocycles. The van der Waals surface area contributed by atoms with Gasteiger partial charge in [0.15, 0.2) is 0 Å². The molecule has 0 aromatic heterocycles. The molecule has 0 aliphatic carbocycles. The molecule has 1 atom stereocenters. The highest BCUT2D eigenvalue weighted by Crippen LogP contribution is 2.02. The van der Waals surface area contributed by atoms with Gasteiger partial charge < -0.3 is 4.74 Å². The van der Waals surface area contributed by atoms with Gasteiger partial charge >= 0.3 is 5.97 Å². The second-order valence-corrected chi connectivity index (χ2v) is 5.82. The number of hydrogen-bond donors (Lipinski definition) is 0. The molecular formula is C9H17NO4S. The van der Waals surface area contributed by atoms with E-state index in [1.54, 1.807) is 0 Å². The van der Waals surface area contributed by atoms with E-state index in [4.69, 9.17) is 0 Å². The van der Waals surface area contributed by atoms with E-state index >= 15 is 0 Å². The van der Waals surface area contributed by atoms with Crippen LogP contribution in [0.3, 0.4) is 0 Å². The summed E-state index contributed by atoms with van der Waals surface area (Å²) in [7, 11) is -1.08. The lowest BCUT2D eigenvalue weighted by Gasteiger charge is -2.02. The largest absolute Gasteiger partial charge is 0.469 e. The van der Waals surface area contributed by atoms with Gasteiger partial charge in [-0.15, -0.1) is 0 Å². The summed E-state index contributed by atoms with van der Waals surface area (Å²) in [5.41, 5.74) is 0. The molecular weight excluding hydrogens is 218 g/mol. The monoisotopic (exact) mass is 235 g/mol. The van der Waals surface area contributed by atoms with E-state index in [0.29, 0.717) is 25.0 Å². The minimum Gasteiger partial charge on any atom is -0.469 e. The Morgan fingerprint density at radius 1 is 1.33 bits per heavy atom. The van der Waals surface area contributed by atoms with Gasteiger partial charge in [-0.25, -0.2) is 4.21 Å². The molecule has 0 radical (unpaired) electrons. The minimum atomic E-state index is -2.41. The Hall–Kier alpha value is -0.910. The van der Waals surface area contributed by atoms with Crippen molar-refractivity contribution in [2.75, 3.05) is 19.1 Å². The average Bonchev–Trinajstić information content (AvgIpc) is 2.10. The number of hydrogen-bond acceptors (Lipinski definition) is 4. The third-order valence-corrected chi connectivity index (χ3v) is 3.39. The first-order valence-corrected chi connectivity index (χ1v) is 6.74. The van der Waals surface area contributed by atoms with Crippen molar-refractivity contribution in [3.8, 4) is 0 Å². The van der Waals surface area contributed by atoms with Crippen LogP contribution >= 0.6 is 0 Å². The average molecular weight is 235 g/mol. The third-order valence-electron chi connectivity index (χ3n) is 1.70. The van der Waals surface area contributed by atoms with Crippen LogP contribution in [0, 0.1) is 0 Å². The number of amides is 1. The Kier molecular flexibility index (Phi) is 6.15. The molecule has 88 valence electrons. The van der Waals surface area contributed by atoms with Gasteiger partial charge in [0.25, 0.3) is 5.91 Å². The molecule has 0 heterocycles. The number of carbonyl (C=O) groups excluding carboxylic acids is 2. The Balaban J connectivity index is 3.92. The van der Waals surface area contributed by atoms with Crippen LogP contribution in [0.1, 0.15) is 26.2 Å². The Labute approximate surface area is 90.4 Å². The Morgan fingerprint density at radius 3 is 2.40 bits per heavy atom. The number of methoxy groups -OCH3 is 1. The molecule has 15 heavy (non-hydrogen) atoms. The first-order chi connectivity index (χ1) is 6.87. The standard InChI is InChI=1S/C9H17NO4S/c1-8(11)10-15(3,13)7-5-4-6-9(12)14-2/h4-7H2,1-3H3/t15-/m0/s1. The molecule has 0 aromatic rings. The van der Waals surface area contributed by atoms with Crippen LogP contribution in [0.25, 0.3) is 0 Å². The van der Waals surface area contributed by atoms with E-state index in [1.807, 2.05) is 0 Å². The predicted molar refractivity (Wildman–Crippen MR) is 57.9 cm³/mol. The fraction of sp³-hybridized carbons (Fsp3) is 0.778. The summed E-state index contributed by atoms with van der Waals surface area (Å²) in [4.78, 5) is 21.4. The highest BCUT2D eigenvalue weighted by atomic mass is 32.2. The van der Waals surface area contributed by atoms with Crippen LogP contribution < -0.4 is 0 Å². The van der Waals surface area contributed by atoms with Crippen molar-refractivity contribution in [3.63, 3.8) is 0 Å². The van der Waals surface area contributed by atoms with Crippen LogP contribution in [-0.2, 0) is 24.1 Å². The number of carbonyl (C=O) groups is 2. The van der Waals surface area contributed by atoms with Crippen molar-refractivity contribution >= 4 is 21.6 Å². The SMILES string of the molecule is COC(=O)CCCC[S@](C)(=O)=NC(C)=O. The molecule has 0 rings (SSSR count). The summed E-state index contributed by atoms with van der Waals surface area (Å²) in [5, 5.41) is 0. The zero-order valence-corrected chi connectivity index (χ0v) is 10.1. The summed E-state index contributed by atoms with van der Waals surface area (Å²) in [5.74, 6) is -0.361. The second-order valence-electron chi connectivity index (χ2n) is 3.31. The van der Waals surface area contributed by atoms with Crippen molar-refractivity contribution in [3.05, 3.63) is 0 Å². The predicted octanol–water partition coefficient (Wildman–Crippen LogP) is 0.974. The first kappa shape index (κ1) is 14.1. The number of rotatable bonds is 5. The smallest absolute Gasteiger partial charge is 0.305 e. The van der Waals surface area contributed by atoms with Gasteiger partial charge in [0, 0.05) is 25.4 Å². The molecule has 0 aromatic carbocycles. The van der Waals surface area contributed by atoms with Gasteiger partial charge in [-0.05, 0) is 12.8 Å². The molecule has 0 N–H and O–H groups in total. The molecule has 0 spiro atoms. The number of unbranched alkanes of at least 4 members (excludes halogenated alkanes) is 1. The lowest BCUT2D eigenvalue weighted by Crippen LogP contribution is -2.07. The van der Waals surface area contributed by atoms with Crippen LogP contribution in [-0.4, -0.2) is 35.2 Å². The van der Waals surface area contributed by atoms with Gasteiger partial charge in [0.2, 0.25) is 0 Å². The highest BCUT2D eigenvalue weighted by Gasteiger charge is 2.05. The Morgan fingerprint density at radius 2 is 1.93 bits per heavy atom. The van der Waals surface area contributed by atoms with Crippen molar-refractivity contribution in [2.24, 2.45) is 4.36 Å². The molecule has 0 bridgehead atoms. The summed E-state index contributed by atoms with van der Waals surface area (Å²) in [6.07, 6.45) is 2.96. The lowest BCUT2D eigenvalue weighted by atomic mass is 10.2. The van der Waals surface area contributed by atoms with Gasteiger partial charge in [0.05, 0.1) is 16.8 Å². The number of nitrogens with zero attached hydrogens (tertiary/aromatic N) is 1. The number of ether oxygens (including phenoxy) is 1. The molecule has 0 unspecified atom stereocenters. The lowest BCUT2D eigenvalue weighted by molar-refractivity contribution is -0.140. The Bertz CT molecular complexity index is 342. The van der Waals surface area contributed by atoms with Crippen molar-refractivity contribution in [1.29, 1.82) is 0 Å². The van der Waals surface area contributed by atoms with E-state index in [-0.39, 0.29) is 5.97 Å². The van der Waals surface area contributed by atoms with E-state index in [0.717, 1.165) is 0 Å². The molecule has 5 nitrogen and oxygen atoms in total. The minimum absolute atomic E-state index is 0.277. The fourth-order valence-corrected chi connectivity index (χ4v) is 2.43. The maximum Gasteiger partial charge on any atom is 0.305 e. The van der Waals surface area contributed by atoms with E-state index in [9.17, 15) is 13.8 Å². The molecule has 0 saturated heterocycles. The van der Waals surface area contributed by atoms with E-state index in [2.05, 4.69) is 9.10 Å². The highest BCUT2D eigenvalue weighted by molar-refractivity contribution is 7.93. The molecule has 6 heteroatoms. The zero-order chi connectivity index (χ0) is 11.9. The van der Waals surface area contributed by atoms with Crippen LogP contribution in [0.2, 0.25) is 0 Å². The fourth-order valence-electron chi connectivity index (χ4n) is 1.06. The second kappa shape index (κ2) is 6.55. The van der Waals surface area contributed by atoms with Gasteiger partial charge in [-0.2, -0.15) is 4.36 Å². The van der Waals surface area contributed by atoms with Gasteiger partial charge in [0.1, 0.15) is 0 Å². The summed E-state index contributed by atoms with van der Waals surface area (Å²) < 4.78 is 19.6. The van der Waals surface area contributed by atoms with Crippen LogP contribution in [0.15, 0.2) is 4.36 Å². The topological polar surface area (TPSA) is 72.8 Å². The normalized spacial score (nSPS) is 14.1. The molecule has 1 amide bonds. The summed E-state index contributed by atoms with van der Waals surface area (Å²) >= 11 is 0. The molecule has 0 aliphatic rings. The summed E-state index contributed by atoms with van der Waals surface area (Å²) in [6, 6.07) is 0. The van der Waals surface area contributed by atoms with Gasteiger partial charge in [-0.3, -0.25) is 9.59 Å².